The van der Waals surface area contributed by atoms with Crippen LogP contribution in [0, 0.1) is 11.8 Å². The van der Waals surface area contributed by atoms with Gasteiger partial charge in [-0.15, -0.1) is 0 Å². The van der Waals surface area contributed by atoms with E-state index in [2.05, 4.69) is 6.58 Å². The summed E-state index contributed by atoms with van der Waals surface area (Å²) in [6.45, 7) is 4.81. The number of rotatable bonds is 2. The third-order valence-electron chi connectivity index (χ3n) is 5.96. The van der Waals surface area contributed by atoms with E-state index in [1.54, 1.807) is 9.80 Å². The molecule has 1 saturated carbocycles. The zero-order valence-electron chi connectivity index (χ0n) is 13.6. The summed E-state index contributed by atoms with van der Waals surface area (Å²) in [5.41, 5.74) is 5.88. The summed E-state index contributed by atoms with van der Waals surface area (Å²) < 4.78 is 30.3. The number of aliphatic carboxylic acids is 1. The van der Waals surface area contributed by atoms with Crippen molar-refractivity contribution in [1.82, 2.24) is 9.80 Å². The van der Waals surface area contributed by atoms with Crippen LogP contribution in [0.3, 0.4) is 0 Å². The van der Waals surface area contributed by atoms with Crippen LogP contribution in [0.1, 0.15) is 12.8 Å². The van der Waals surface area contributed by atoms with Crippen molar-refractivity contribution < 1.29 is 23.5 Å². The van der Waals surface area contributed by atoms with Crippen LogP contribution < -0.4 is 5.73 Å². The van der Waals surface area contributed by atoms with Crippen molar-refractivity contribution >= 4 is 23.5 Å². The quantitative estimate of drug-likeness (QED) is 0.685. The lowest BCUT2D eigenvalue weighted by atomic mass is 9.70. The van der Waals surface area contributed by atoms with E-state index in [1.807, 2.05) is 0 Å². The fourth-order valence-electron chi connectivity index (χ4n) is 4.82. The fraction of sp³-hybridized carbons (Fsp3) is 0.750. The van der Waals surface area contributed by atoms with Crippen LogP contribution in [0.4, 0.5) is 8.78 Å². The zero-order valence-corrected chi connectivity index (χ0v) is 14.4. The number of nitrogens with two attached hydrogens (primary N) is 1. The standard InChI is InChI=1S/C16H21F2N3O3S/c1-6-21-12-8(14(22)10(16(23)24)15(21)25-6)4-9(17)13(11(12)18)20-3-2-7(19)5-20/h7-13,15H,1-5,19H2,(H,23,24). The summed E-state index contributed by atoms with van der Waals surface area (Å²) in [6, 6.07) is -1.87. The topological polar surface area (TPSA) is 86.9 Å². The minimum atomic E-state index is -1.59. The van der Waals surface area contributed by atoms with Gasteiger partial charge in [0.25, 0.3) is 0 Å². The SMILES string of the molecule is C=C1SC2C(C(=O)O)C(=O)C3CC(F)C(N4CCC(N)C4)C(F)C3N12. The summed E-state index contributed by atoms with van der Waals surface area (Å²) in [4.78, 5) is 27.5. The van der Waals surface area contributed by atoms with Gasteiger partial charge >= 0.3 is 5.97 Å². The Kier molecular flexibility index (Phi) is 4.08. The molecule has 4 rings (SSSR count). The minimum absolute atomic E-state index is 0.0937. The van der Waals surface area contributed by atoms with Gasteiger partial charge in [0.05, 0.1) is 17.1 Å². The van der Waals surface area contributed by atoms with Crippen molar-refractivity contribution in [3.63, 3.8) is 0 Å². The van der Waals surface area contributed by atoms with Crippen molar-refractivity contribution in [2.45, 2.75) is 48.7 Å². The number of nitrogens with zero attached hydrogens (tertiary/aromatic N) is 2. The maximum atomic E-state index is 15.4. The number of fused-ring (bicyclic) bond motifs is 3. The number of alkyl halides is 2. The highest BCUT2D eigenvalue weighted by molar-refractivity contribution is 8.05. The first kappa shape index (κ1) is 17.2. The van der Waals surface area contributed by atoms with E-state index in [1.165, 1.54) is 11.8 Å². The average Bonchev–Trinajstić information content (AvgIpc) is 2.94. The highest BCUT2D eigenvalue weighted by atomic mass is 32.2. The Morgan fingerprint density at radius 3 is 2.64 bits per heavy atom. The summed E-state index contributed by atoms with van der Waals surface area (Å²) >= 11 is 1.18. The zero-order chi connectivity index (χ0) is 18.0. The predicted molar refractivity (Wildman–Crippen MR) is 88.1 cm³/mol. The largest absolute Gasteiger partial charge is 0.481 e. The van der Waals surface area contributed by atoms with Crippen molar-refractivity contribution in [2.75, 3.05) is 13.1 Å². The lowest BCUT2D eigenvalue weighted by Gasteiger charge is -2.59. The molecule has 0 spiro atoms. The molecule has 3 saturated heterocycles. The van der Waals surface area contributed by atoms with Crippen molar-refractivity contribution in [1.29, 1.82) is 0 Å². The van der Waals surface area contributed by atoms with E-state index in [0.717, 1.165) is 0 Å². The summed E-state index contributed by atoms with van der Waals surface area (Å²) in [5.74, 6) is -4.00. The van der Waals surface area contributed by atoms with Crippen LogP contribution in [-0.2, 0) is 9.59 Å². The molecule has 3 heterocycles. The van der Waals surface area contributed by atoms with Gasteiger partial charge in [-0.1, -0.05) is 18.3 Å². The first-order valence-corrected chi connectivity index (χ1v) is 9.37. The van der Waals surface area contributed by atoms with Crippen LogP contribution in [0.15, 0.2) is 11.6 Å². The van der Waals surface area contributed by atoms with Gasteiger partial charge in [0.2, 0.25) is 0 Å². The molecule has 9 heteroatoms. The molecule has 0 aromatic rings. The van der Waals surface area contributed by atoms with E-state index in [9.17, 15) is 19.1 Å². The highest BCUT2D eigenvalue weighted by Gasteiger charge is 2.63. The maximum absolute atomic E-state index is 15.4. The molecule has 0 radical (unpaired) electrons. The number of hydrogen-bond donors (Lipinski definition) is 2. The van der Waals surface area contributed by atoms with Gasteiger partial charge < -0.3 is 15.7 Å². The van der Waals surface area contributed by atoms with Crippen molar-refractivity contribution in [3.05, 3.63) is 11.6 Å². The van der Waals surface area contributed by atoms with Gasteiger partial charge in [-0.05, 0) is 12.8 Å². The second kappa shape index (κ2) is 5.92. The van der Waals surface area contributed by atoms with Gasteiger partial charge in [-0.25, -0.2) is 8.78 Å². The predicted octanol–water partition coefficient (Wildman–Crippen LogP) is 0.582. The fourth-order valence-corrected chi connectivity index (χ4v) is 6.07. The average molecular weight is 373 g/mol. The Balaban J connectivity index is 1.65. The minimum Gasteiger partial charge on any atom is -0.481 e. The molecular formula is C16H21F2N3O3S. The second-order valence-corrected chi connectivity index (χ2v) is 8.55. The second-order valence-electron chi connectivity index (χ2n) is 7.36. The number of thioether (sulfide) groups is 1. The van der Waals surface area contributed by atoms with Crippen molar-refractivity contribution in [3.8, 4) is 0 Å². The molecule has 4 fully saturated rings. The molecular weight excluding hydrogens is 352 g/mol. The number of halogens is 2. The summed E-state index contributed by atoms with van der Waals surface area (Å²) in [6.07, 6.45) is -2.55. The lowest BCUT2D eigenvalue weighted by Crippen LogP contribution is -2.72. The van der Waals surface area contributed by atoms with Gasteiger partial charge in [-0.2, -0.15) is 0 Å². The summed E-state index contributed by atoms with van der Waals surface area (Å²) in [5, 5.41) is 9.30. The molecule has 0 amide bonds. The van der Waals surface area contributed by atoms with Crippen LogP contribution in [0.5, 0.6) is 0 Å². The number of likely N-dealkylation sites (tertiary alicyclic amines) is 1. The maximum Gasteiger partial charge on any atom is 0.317 e. The number of ketones is 1. The normalized spacial score (nSPS) is 47.2. The van der Waals surface area contributed by atoms with Gasteiger partial charge in [-0.3, -0.25) is 14.5 Å². The van der Waals surface area contributed by atoms with Gasteiger partial charge in [0.15, 0.2) is 5.78 Å². The van der Waals surface area contributed by atoms with Gasteiger partial charge in [0.1, 0.15) is 23.6 Å². The van der Waals surface area contributed by atoms with Crippen LogP contribution >= 0.6 is 11.8 Å². The molecule has 25 heavy (non-hydrogen) atoms. The lowest BCUT2D eigenvalue weighted by molar-refractivity contribution is -0.160. The third-order valence-corrected chi connectivity index (χ3v) is 7.18. The number of hydrogen-bond acceptors (Lipinski definition) is 6. The van der Waals surface area contributed by atoms with Crippen molar-refractivity contribution in [2.24, 2.45) is 17.6 Å². The molecule has 4 aliphatic rings. The molecule has 0 aromatic carbocycles. The first-order valence-electron chi connectivity index (χ1n) is 8.49. The number of carboxylic acids is 1. The molecule has 3 aliphatic heterocycles. The number of Topliss-reactive ketones (excluding diaryl/α,β-unsaturated/α-hetero) is 1. The van der Waals surface area contributed by atoms with E-state index < -0.39 is 53.4 Å². The molecule has 6 nitrogen and oxygen atoms in total. The Labute approximate surface area is 148 Å². The van der Waals surface area contributed by atoms with E-state index >= 15 is 4.39 Å². The number of carboxylic acid groups (broad SMARTS) is 1. The molecule has 3 N–H and O–H groups in total. The Bertz CT molecular complexity index is 636. The van der Waals surface area contributed by atoms with Gasteiger partial charge in [0, 0.05) is 25.0 Å². The number of carbonyl (C=O) groups is 2. The third kappa shape index (κ3) is 2.43. The highest BCUT2D eigenvalue weighted by Crippen LogP contribution is 2.54. The molecule has 8 unspecified atom stereocenters. The summed E-state index contributed by atoms with van der Waals surface area (Å²) in [7, 11) is 0. The Morgan fingerprint density at radius 2 is 2.08 bits per heavy atom. The molecule has 8 atom stereocenters. The Hall–Kier alpha value is -1.19. The molecule has 0 aromatic heterocycles. The monoisotopic (exact) mass is 373 g/mol. The Morgan fingerprint density at radius 1 is 1.36 bits per heavy atom. The number of carbonyl (C=O) groups excluding carboxylic acids is 1. The smallest absolute Gasteiger partial charge is 0.317 e. The van der Waals surface area contributed by atoms with E-state index in [-0.39, 0.29) is 12.5 Å². The van der Waals surface area contributed by atoms with E-state index in [4.69, 9.17) is 5.73 Å². The first-order chi connectivity index (χ1) is 11.8. The van der Waals surface area contributed by atoms with Crippen LogP contribution in [-0.4, -0.2) is 75.6 Å². The van der Waals surface area contributed by atoms with Crippen LogP contribution in [0.2, 0.25) is 0 Å². The molecule has 0 bridgehead atoms. The van der Waals surface area contributed by atoms with E-state index in [0.29, 0.717) is 24.5 Å². The number of piperidine rings is 1. The molecule has 138 valence electrons. The molecule has 1 aliphatic carbocycles. The van der Waals surface area contributed by atoms with Crippen LogP contribution in [0.25, 0.3) is 0 Å².